The molecule has 0 aliphatic carbocycles. The van der Waals surface area contributed by atoms with Gasteiger partial charge in [0.05, 0.1) is 5.69 Å². The van der Waals surface area contributed by atoms with E-state index in [0.717, 1.165) is 22.8 Å². The van der Waals surface area contributed by atoms with Crippen LogP contribution in [0.15, 0.2) is 40.9 Å². The molecule has 6 heteroatoms. The van der Waals surface area contributed by atoms with E-state index in [0.29, 0.717) is 0 Å². The Hall–Kier alpha value is -1.95. The van der Waals surface area contributed by atoms with Crippen LogP contribution in [0.3, 0.4) is 0 Å². The Morgan fingerprint density at radius 2 is 1.82 bits per heavy atom. The normalized spacial score (nSPS) is 16.8. The highest BCUT2D eigenvalue weighted by molar-refractivity contribution is 7.99. The van der Waals surface area contributed by atoms with Crippen LogP contribution < -0.4 is 5.32 Å². The molecule has 0 saturated carbocycles. The smallest absolute Gasteiger partial charge is 0.350 e. The van der Waals surface area contributed by atoms with Crippen LogP contribution in [0.4, 0.5) is 5.69 Å². The average molecular weight is 321 g/mol. The van der Waals surface area contributed by atoms with E-state index in [2.05, 4.69) is 12.2 Å². The van der Waals surface area contributed by atoms with Gasteiger partial charge >= 0.3 is 11.9 Å². The molecule has 1 aromatic carbocycles. The number of hydrogen-bond acceptors (Lipinski definition) is 6. The zero-order chi connectivity index (χ0) is 16.2. The number of rotatable bonds is 5. The number of cyclic esters (lactones) is 2. The van der Waals surface area contributed by atoms with E-state index in [9.17, 15) is 9.59 Å². The maximum absolute atomic E-state index is 11.9. The first-order valence-electron chi connectivity index (χ1n) is 7.08. The Balaban J connectivity index is 2.15. The van der Waals surface area contributed by atoms with Crippen LogP contribution in [0.2, 0.25) is 0 Å². The van der Waals surface area contributed by atoms with Gasteiger partial charge in [0.2, 0.25) is 0 Å². The molecule has 0 amide bonds. The molecule has 1 N–H and O–H groups in total. The maximum Gasteiger partial charge on any atom is 0.350 e. The molecule has 1 heterocycles. The molecule has 2 rings (SSSR count). The van der Waals surface area contributed by atoms with Gasteiger partial charge in [-0.1, -0.05) is 19.1 Å². The number of nitrogens with one attached hydrogen (secondary N) is 1. The van der Waals surface area contributed by atoms with Crippen molar-refractivity contribution in [3.05, 3.63) is 36.0 Å². The third-order valence-corrected chi connectivity index (χ3v) is 4.12. The van der Waals surface area contributed by atoms with Crippen LogP contribution in [0, 0.1) is 0 Å². The number of para-hydroxylation sites is 1. The lowest BCUT2D eigenvalue weighted by Crippen LogP contribution is -2.42. The minimum Gasteiger partial charge on any atom is -0.419 e. The summed E-state index contributed by atoms with van der Waals surface area (Å²) in [5, 5.41) is 3.00. The molecule has 1 fully saturated rings. The van der Waals surface area contributed by atoms with Crippen LogP contribution in [0.25, 0.3) is 0 Å². The van der Waals surface area contributed by atoms with Gasteiger partial charge in [0.15, 0.2) is 5.57 Å². The summed E-state index contributed by atoms with van der Waals surface area (Å²) in [5.41, 5.74) is 0.688. The Kier molecular flexibility index (Phi) is 5.13. The predicted molar refractivity (Wildman–Crippen MR) is 85.4 cm³/mol. The van der Waals surface area contributed by atoms with Crippen molar-refractivity contribution in [2.24, 2.45) is 0 Å². The summed E-state index contributed by atoms with van der Waals surface area (Å²) >= 11 is 1.71. The lowest BCUT2D eigenvalue weighted by molar-refractivity contribution is -0.222. The van der Waals surface area contributed by atoms with Crippen LogP contribution in [0.1, 0.15) is 27.2 Å². The minimum atomic E-state index is -1.22. The molecule has 1 aromatic rings. The van der Waals surface area contributed by atoms with Crippen molar-refractivity contribution in [1.29, 1.82) is 0 Å². The third kappa shape index (κ3) is 4.04. The second-order valence-electron chi connectivity index (χ2n) is 5.23. The largest absolute Gasteiger partial charge is 0.419 e. The number of ether oxygens (including phenoxy) is 2. The summed E-state index contributed by atoms with van der Waals surface area (Å²) in [6, 6.07) is 7.71. The summed E-state index contributed by atoms with van der Waals surface area (Å²) in [5.74, 6) is -1.60. The monoisotopic (exact) mass is 321 g/mol. The highest BCUT2D eigenvalue weighted by Gasteiger charge is 2.38. The predicted octanol–water partition coefficient (Wildman–Crippen LogP) is 3.32. The van der Waals surface area contributed by atoms with E-state index < -0.39 is 17.7 Å². The van der Waals surface area contributed by atoms with Gasteiger partial charge in [0, 0.05) is 24.9 Å². The lowest BCUT2D eigenvalue weighted by atomic mass is 10.2. The molecule has 1 aliphatic rings. The molecular weight excluding hydrogens is 302 g/mol. The lowest BCUT2D eigenvalue weighted by Gasteiger charge is -2.29. The number of thioether (sulfide) groups is 1. The van der Waals surface area contributed by atoms with Gasteiger partial charge in [0.1, 0.15) is 0 Å². The second kappa shape index (κ2) is 6.87. The zero-order valence-electron chi connectivity index (χ0n) is 12.8. The molecule has 5 nitrogen and oxygen atoms in total. The molecule has 0 radical (unpaired) electrons. The molecular formula is C16H19NO4S. The Labute approximate surface area is 134 Å². The minimum absolute atomic E-state index is 0.144. The van der Waals surface area contributed by atoms with Crippen LogP contribution >= 0.6 is 11.8 Å². The van der Waals surface area contributed by atoms with Gasteiger partial charge in [0.25, 0.3) is 5.79 Å². The summed E-state index contributed by atoms with van der Waals surface area (Å²) in [6.07, 6.45) is 2.40. The number of anilines is 1. The zero-order valence-corrected chi connectivity index (χ0v) is 13.7. The fourth-order valence-electron chi connectivity index (χ4n) is 1.85. The van der Waals surface area contributed by atoms with Gasteiger partial charge < -0.3 is 14.8 Å². The van der Waals surface area contributed by atoms with E-state index in [1.54, 1.807) is 11.8 Å². The van der Waals surface area contributed by atoms with E-state index in [-0.39, 0.29) is 5.57 Å². The quantitative estimate of drug-likeness (QED) is 0.388. The van der Waals surface area contributed by atoms with Crippen molar-refractivity contribution in [3.8, 4) is 0 Å². The van der Waals surface area contributed by atoms with Gasteiger partial charge in [-0.25, -0.2) is 9.59 Å². The first-order chi connectivity index (χ1) is 10.4. The highest BCUT2D eigenvalue weighted by Crippen LogP contribution is 2.28. The number of carbonyl (C=O) groups is 2. The molecule has 0 atom stereocenters. The Morgan fingerprint density at radius 3 is 2.45 bits per heavy atom. The van der Waals surface area contributed by atoms with E-state index in [4.69, 9.17) is 9.47 Å². The summed E-state index contributed by atoms with van der Waals surface area (Å²) in [6.45, 7) is 5.15. The first-order valence-corrected chi connectivity index (χ1v) is 8.06. The Bertz CT molecular complexity index is 588. The fourth-order valence-corrected chi connectivity index (χ4v) is 2.73. The SMILES string of the molecule is CCCSc1ccccc1NC=C1C(=O)OC(C)(C)OC1=O. The number of carbonyl (C=O) groups excluding carboxylic acids is 2. The maximum atomic E-state index is 11.9. The van der Waals surface area contributed by atoms with Crippen LogP contribution in [-0.4, -0.2) is 23.5 Å². The van der Waals surface area contributed by atoms with Crippen LogP contribution in [0.5, 0.6) is 0 Å². The van der Waals surface area contributed by atoms with Gasteiger partial charge in [-0.05, 0) is 24.3 Å². The topological polar surface area (TPSA) is 64.6 Å². The third-order valence-electron chi connectivity index (χ3n) is 2.84. The van der Waals surface area contributed by atoms with Crippen molar-refractivity contribution in [3.63, 3.8) is 0 Å². The number of hydrogen-bond donors (Lipinski definition) is 1. The molecule has 1 saturated heterocycles. The molecule has 0 spiro atoms. The Morgan fingerprint density at radius 1 is 1.18 bits per heavy atom. The summed E-state index contributed by atoms with van der Waals surface area (Å²) in [7, 11) is 0. The van der Waals surface area contributed by atoms with E-state index >= 15 is 0 Å². The molecule has 0 bridgehead atoms. The van der Waals surface area contributed by atoms with Crippen molar-refractivity contribution in [2.75, 3.05) is 11.1 Å². The second-order valence-corrected chi connectivity index (χ2v) is 6.36. The van der Waals surface area contributed by atoms with Crippen molar-refractivity contribution < 1.29 is 19.1 Å². The molecule has 0 unspecified atom stereocenters. The standard InChI is InChI=1S/C16H19NO4S/c1-4-9-22-13-8-6-5-7-12(13)17-10-11-14(18)20-16(2,3)21-15(11)19/h5-8,10,17H,4,9H2,1-3H3. The first kappa shape index (κ1) is 16.4. The molecule has 1 aliphatic heterocycles. The van der Waals surface area contributed by atoms with Crippen molar-refractivity contribution >= 4 is 29.4 Å². The highest BCUT2D eigenvalue weighted by atomic mass is 32.2. The summed E-state index contributed by atoms with van der Waals surface area (Å²) in [4.78, 5) is 24.8. The van der Waals surface area contributed by atoms with Crippen LogP contribution in [-0.2, 0) is 19.1 Å². The van der Waals surface area contributed by atoms with Gasteiger partial charge in [-0.2, -0.15) is 0 Å². The van der Waals surface area contributed by atoms with E-state index in [1.165, 1.54) is 20.0 Å². The van der Waals surface area contributed by atoms with Crippen molar-refractivity contribution in [1.82, 2.24) is 0 Å². The average Bonchev–Trinajstić information content (AvgIpc) is 2.44. The van der Waals surface area contributed by atoms with Gasteiger partial charge in [-0.3, -0.25) is 0 Å². The number of benzene rings is 1. The van der Waals surface area contributed by atoms with Crippen molar-refractivity contribution in [2.45, 2.75) is 37.9 Å². The van der Waals surface area contributed by atoms with Gasteiger partial charge in [-0.15, -0.1) is 11.8 Å². The molecule has 22 heavy (non-hydrogen) atoms. The summed E-state index contributed by atoms with van der Waals surface area (Å²) < 4.78 is 10.1. The fraction of sp³-hybridized carbons (Fsp3) is 0.375. The van der Waals surface area contributed by atoms with E-state index in [1.807, 2.05) is 24.3 Å². The number of esters is 2. The molecule has 118 valence electrons. The molecule has 0 aromatic heterocycles.